The number of carboxylic acid groups (broad SMARTS) is 1. The molecule has 0 saturated heterocycles. The summed E-state index contributed by atoms with van der Waals surface area (Å²) in [5, 5.41) is 9.11. The number of ether oxygens (including phenoxy) is 1. The van der Waals surface area contributed by atoms with Crippen LogP contribution in [0.4, 0.5) is 0 Å². The van der Waals surface area contributed by atoms with Crippen LogP contribution in [0.25, 0.3) is 0 Å². The molecule has 0 atom stereocenters. The molecule has 0 saturated carbocycles. The van der Waals surface area contributed by atoms with Gasteiger partial charge in [0.2, 0.25) is 0 Å². The first kappa shape index (κ1) is 16.5. The summed E-state index contributed by atoms with van der Waals surface area (Å²) >= 11 is 0. The van der Waals surface area contributed by atoms with Crippen molar-refractivity contribution in [1.29, 1.82) is 0 Å². The Labute approximate surface area is 145 Å². The van der Waals surface area contributed by atoms with Gasteiger partial charge >= 0.3 is 11.9 Å². The van der Waals surface area contributed by atoms with Gasteiger partial charge in [-0.1, -0.05) is 91.0 Å². The molecule has 3 rings (SSSR count). The van der Waals surface area contributed by atoms with Gasteiger partial charge in [-0.15, -0.1) is 0 Å². The van der Waals surface area contributed by atoms with Crippen molar-refractivity contribution in [2.45, 2.75) is 5.60 Å². The fourth-order valence-corrected chi connectivity index (χ4v) is 2.88. The van der Waals surface area contributed by atoms with E-state index in [-0.39, 0.29) is 0 Å². The van der Waals surface area contributed by atoms with E-state index in [0.29, 0.717) is 16.7 Å². The molecule has 0 aliphatic carbocycles. The van der Waals surface area contributed by atoms with Crippen LogP contribution in [0.2, 0.25) is 0 Å². The van der Waals surface area contributed by atoms with Gasteiger partial charge in [0.15, 0.2) is 5.60 Å². The lowest BCUT2D eigenvalue weighted by atomic mass is 9.80. The Bertz CT molecular complexity index is 762. The highest BCUT2D eigenvalue weighted by molar-refractivity contribution is 6.28. The molecule has 0 heterocycles. The van der Waals surface area contributed by atoms with Crippen molar-refractivity contribution >= 4 is 11.9 Å². The van der Waals surface area contributed by atoms with Gasteiger partial charge in [-0.25, -0.2) is 9.59 Å². The lowest BCUT2D eigenvalue weighted by Crippen LogP contribution is -2.37. The zero-order chi connectivity index (χ0) is 17.7. The van der Waals surface area contributed by atoms with E-state index in [9.17, 15) is 9.59 Å². The third-order valence-corrected chi connectivity index (χ3v) is 3.96. The largest absolute Gasteiger partial charge is 0.473 e. The molecule has 1 N–H and O–H groups in total. The SMILES string of the molecule is O=C(O)C(=O)OC(c1ccccc1)(c1ccccc1)c1ccccc1. The van der Waals surface area contributed by atoms with Gasteiger partial charge in [0.1, 0.15) is 0 Å². The molecule has 0 radical (unpaired) electrons. The van der Waals surface area contributed by atoms with Gasteiger partial charge in [0, 0.05) is 16.7 Å². The predicted octanol–water partition coefficient (Wildman–Crippen LogP) is 3.61. The minimum atomic E-state index is -1.63. The van der Waals surface area contributed by atoms with Crippen LogP contribution in [0.1, 0.15) is 16.7 Å². The average Bonchev–Trinajstić information content (AvgIpc) is 2.68. The number of hydrogen-bond donors (Lipinski definition) is 1. The van der Waals surface area contributed by atoms with Gasteiger partial charge in [-0.2, -0.15) is 0 Å². The van der Waals surface area contributed by atoms with E-state index in [1.54, 1.807) is 0 Å². The van der Waals surface area contributed by atoms with Crippen LogP contribution in [0, 0.1) is 0 Å². The molecule has 0 spiro atoms. The number of carboxylic acids is 1. The van der Waals surface area contributed by atoms with Crippen molar-refractivity contribution in [1.82, 2.24) is 0 Å². The number of carbonyl (C=O) groups excluding carboxylic acids is 1. The molecule has 3 aromatic carbocycles. The lowest BCUT2D eigenvalue weighted by molar-refractivity contribution is -0.170. The summed E-state index contributed by atoms with van der Waals surface area (Å²) in [6, 6.07) is 27.4. The molecule has 25 heavy (non-hydrogen) atoms. The van der Waals surface area contributed by atoms with E-state index >= 15 is 0 Å². The highest BCUT2D eigenvalue weighted by atomic mass is 16.6. The maximum absolute atomic E-state index is 12.1. The molecule has 0 aliphatic rings. The molecule has 4 heteroatoms. The Morgan fingerprint density at radius 1 is 0.640 bits per heavy atom. The van der Waals surface area contributed by atoms with Crippen LogP contribution in [0.5, 0.6) is 0 Å². The van der Waals surface area contributed by atoms with E-state index in [0.717, 1.165) is 0 Å². The van der Waals surface area contributed by atoms with Crippen LogP contribution < -0.4 is 0 Å². The first-order chi connectivity index (χ1) is 12.1. The van der Waals surface area contributed by atoms with Crippen molar-refractivity contribution < 1.29 is 19.4 Å². The second kappa shape index (κ2) is 7.01. The summed E-state index contributed by atoms with van der Waals surface area (Å²) in [5.41, 5.74) is 0.658. The summed E-state index contributed by atoms with van der Waals surface area (Å²) in [5.74, 6) is -2.94. The highest BCUT2D eigenvalue weighted by Crippen LogP contribution is 2.40. The maximum Gasteiger partial charge on any atom is 0.418 e. The topological polar surface area (TPSA) is 63.6 Å². The molecule has 0 fully saturated rings. The molecule has 0 aromatic heterocycles. The smallest absolute Gasteiger partial charge is 0.418 e. The van der Waals surface area contributed by atoms with E-state index in [4.69, 9.17) is 9.84 Å². The first-order valence-electron chi connectivity index (χ1n) is 7.77. The van der Waals surface area contributed by atoms with Crippen LogP contribution in [0.3, 0.4) is 0 Å². The average molecular weight is 332 g/mol. The number of aliphatic carboxylic acids is 1. The van der Waals surface area contributed by atoms with Crippen LogP contribution >= 0.6 is 0 Å². The Kier molecular flexibility index (Phi) is 4.61. The van der Waals surface area contributed by atoms with E-state index in [1.165, 1.54) is 0 Å². The van der Waals surface area contributed by atoms with E-state index in [2.05, 4.69) is 0 Å². The van der Waals surface area contributed by atoms with Crippen molar-refractivity contribution in [3.8, 4) is 0 Å². The van der Waals surface area contributed by atoms with E-state index < -0.39 is 17.5 Å². The molecule has 0 amide bonds. The summed E-state index contributed by atoms with van der Waals surface area (Å²) in [7, 11) is 0. The molecule has 3 aromatic rings. The minimum Gasteiger partial charge on any atom is -0.473 e. The molecule has 0 aliphatic heterocycles. The summed E-state index contributed by atoms with van der Waals surface area (Å²) in [4.78, 5) is 23.3. The molecule has 0 bridgehead atoms. The first-order valence-corrected chi connectivity index (χ1v) is 7.77. The van der Waals surface area contributed by atoms with Gasteiger partial charge in [-0.3, -0.25) is 0 Å². The number of hydrogen-bond acceptors (Lipinski definition) is 3. The Morgan fingerprint density at radius 3 is 1.24 bits per heavy atom. The lowest BCUT2D eigenvalue weighted by Gasteiger charge is -2.34. The monoisotopic (exact) mass is 332 g/mol. The molecule has 4 nitrogen and oxygen atoms in total. The van der Waals surface area contributed by atoms with Gasteiger partial charge in [-0.05, 0) is 0 Å². The molecular weight excluding hydrogens is 316 g/mol. The van der Waals surface area contributed by atoms with Crippen molar-refractivity contribution in [3.63, 3.8) is 0 Å². The van der Waals surface area contributed by atoms with Crippen LogP contribution in [-0.4, -0.2) is 17.0 Å². The molecule has 0 unspecified atom stereocenters. The summed E-state index contributed by atoms with van der Waals surface area (Å²) in [6.45, 7) is 0. The zero-order valence-electron chi connectivity index (χ0n) is 13.3. The number of rotatable bonds is 4. The Balaban J connectivity index is 2.31. The number of benzene rings is 3. The van der Waals surface area contributed by atoms with Gasteiger partial charge < -0.3 is 9.84 Å². The fraction of sp³-hybridized carbons (Fsp3) is 0.0476. The second-order valence-corrected chi connectivity index (χ2v) is 5.47. The maximum atomic E-state index is 12.1. The minimum absolute atomic E-state index is 0.669. The summed E-state index contributed by atoms with van der Waals surface area (Å²) in [6.07, 6.45) is 0. The van der Waals surface area contributed by atoms with Crippen LogP contribution in [0.15, 0.2) is 91.0 Å². The third kappa shape index (κ3) is 3.15. The highest BCUT2D eigenvalue weighted by Gasteiger charge is 2.41. The molecular formula is C21H16O4. The predicted molar refractivity (Wildman–Crippen MR) is 92.9 cm³/mol. The Hall–Kier alpha value is -3.40. The third-order valence-electron chi connectivity index (χ3n) is 3.96. The number of esters is 1. The Morgan fingerprint density at radius 2 is 0.960 bits per heavy atom. The zero-order valence-corrected chi connectivity index (χ0v) is 13.3. The standard InChI is InChI=1S/C21H16O4/c22-19(23)20(24)25-21(16-10-4-1-5-11-16,17-12-6-2-7-13-17)18-14-8-3-9-15-18/h1-15H,(H,22,23). The summed E-state index contributed by atoms with van der Waals surface area (Å²) < 4.78 is 5.62. The number of carbonyl (C=O) groups is 2. The fourth-order valence-electron chi connectivity index (χ4n) is 2.88. The normalized spacial score (nSPS) is 10.9. The van der Waals surface area contributed by atoms with Crippen molar-refractivity contribution in [3.05, 3.63) is 108 Å². The van der Waals surface area contributed by atoms with Gasteiger partial charge in [0.25, 0.3) is 0 Å². The van der Waals surface area contributed by atoms with Crippen LogP contribution in [-0.2, 0) is 19.9 Å². The van der Waals surface area contributed by atoms with Crippen molar-refractivity contribution in [2.24, 2.45) is 0 Å². The quantitative estimate of drug-likeness (QED) is 0.450. The van der Waals surface area contributed by atoms with E-state index in [1.807, 2.05) is 91.0 Å². The molecule has 124 valence electrons. The van der Waals surface area contributed by atoms with Crippen molar-refractivity contribution in [2.75, 3.05) is 0 Å². The second-order valence-electron chi connectivity index (χ2n) is 5.47. The van der Waals surface area contributed by atoms with Gasteiger partial charge in [0.05, 0.1) is 0 Å².